The Hall–Kier alpha value is -1.43. The van der Waals surface area contributed by atoms with Crippen LogP contribution in [0.25, 0.3) is 0 Å². The molecule has 0 spiro atoms. The minimum Gasteiger partial charge on any atom is -0.469 e. The number of ketones is 1. The van der Waals surface area contributed by atoms with E-state index >= 15 is 0 Å². The second kappa shape index (κ2) is 8.63. The van der Waals surface area contributed by atoms with Crippen molar-refractivity contribution >= 4 is 17.7 Å². The molecule has 6 nitrogen and oxygen atoms in total. The number of carbonyl (C=O) groups is 3. The topological polar surface area (TPSA) is 78.9 Å². The van der Waals surface area contributed by atoms with Crippen LogP contribution in [0, 0.1) is 11.8 Å². The molecule has 0 heterocycles. The molecule has 0 N–H and O–H groups in total. The normalized spacial score (nSPS) is 13.6. The number of esters is 2. The summed E-state index contributed by atoms with van der Waals surface area (Å²) in [5.74, 6) is -3.86. The summed E-state index contributed by atoms with van der Waals surface area (Å²) in [6.45, 7) is 3.33. The summed E-state index contributed by atoms with van der Waals surface area (Å²) in [7, 11) is 2.58. The molecular weight excluding hydrogens is 240 g/mol. The van der Waals surface area contributed by atoms with Crippen LogP contribution in [0.5, 0.6) is 0 Å². The molecule has 0 aliphatic heterocycles. The molecule has 2 atom stereocenters. The average molecular weight is 260 g/mol. The molecule has 0 aliphatic carbocycles. The number of rotatable bonds is 8. The molecule has 104 valence electrons. The molecule has 2 unspecified atom stereocenters. The Morgan fingerprint density at radius 2 is 1.67 bits per heavy atom. The summed E-state index contributed by atoms with van der Waals surface area (Å²) >= 11 is 0. The first-order chi connectivity index (χ1) is 8.53. The molecule has 0 bridgehead atoms. The monoisotopic (exact) mass is 260 g/mol. The summed E-state index contributed by atoms with van der Waals surface area (Å²) in [5, 5.41) is 0. The van der Waals surface area contributed by atoms with Crippen molar-refractivity contribution in [2.24, 2.45) is 11.8 Å². The predicted molar refractivity (Wildman–Crippen MR) is 62.8 cm³/mol. The molecule has 0 saturated carbocycles. The maximum absolute atomic E-state index is 11.8. The molecule has 0 aromatic carbocycles. The lowest BCUT2D eigenvalue weighted by Crippen LogP contribution is -2.39. The van der Waals surface area contributed by atoms with Crippen molar-refractivity contribution in [2.75, 3.05) is 27.4 Å². The van der Waals surface area contributed by atoms with Crippen molar-refractivity contribution in [1.82, 2.24) is 0 Å². The van der Waals surface area contributed by atoms with Gasteiger partial charge in [-0.15, -0.1) is 0 Å². The fourth-order valence-electron chi connectivity index (χ4n) is 1.60. The van der Waals surface area contributed by atoms with E-state index in [1.54, 1.807) is 13.8 Å². The molecule has 0 amide bonds. The predicted octanol–water partition coefficient (Wildman–Crippen LogP) is 0.580. The zero-order valence-electron chi connectivity index (χ0n) is 11.2. The van der Waals surface area contributed by atoms with Crippen LogP contribution in [0.1, 0.15) is 20.3 Å². The molecule has 0 saturated heterocycles. The van der Waals surface area contributed by atoms with Crippen LogP contribution in [0.3, 0.4) is 0 Å². The van der Waals surface area contributed by atoms with Gasteiger partial charge in [0.05, 0.1) is 20.3 Å². The summed E-state index contributed by atoms with van der Waals surface area (Å²) in [5.41, 5.74) is 0. The van der Waals surface area contributed by atoms with Gasteiger partial charge in [-0.1, -0.05) is 6.92 Å². The van der Waals surface area contributed by atoms with Crippen molar-refractivity contribution in [3.63, 3.8) is 0 Å². The Morgan fingerprint density at radius 1 is 1.06 bits per heavy atom. The minimum absolute atomic E-state index is 0.0676. The molecular formula is C12H20O6. The third-order valence-corrected chi connectivity index (χ3v) is 2.49. The van der Waals surface area contributed by atoms with Gasteiger partial charge in [0.1, 0.15) is 17.6 Å². The lowest BCUT2D eigenvalue weighted by atomic mass is 9.88. The minimum atomic E-state index is -1.16. The number of Topliss-reactive ketones (excluding diaryl/α,β-unsaturated/α-hetero) is 1. The van der Waals surface area contributed by atoms with Gasteiger partial charge in [0, 0.05) is 13.5 Å². The Bertz CT molecular complexity index is 299. The van der Waals surface area contributed by atoms with Crippen LogP contribution >= 0.6 is 0 Å². The van der Waals surface area contributed by atoms with Crippen molar-refractivity contribution in [3.05, 3.63) is 0 Å². The van der Waals surface area contributed by atoms with Gasteiger partial charge >= 0.3 is 11.9 Å². The van der Waals surface area contributed by atoms with Crippen LogP contribution < -0.4 is 0 Å². The van der Waals surface area contributed by atoms with E-state index in [1.165, 1.54) is 14.2 Å². The SMILES string of the molecule is CCOC(=O)C(C(=O)CC)C(COC)C(=O)OC. The molecule has 0 aromatic rings. The number of hydrogen-bond acceptors (Lipinski definition) is 6. The van der Waals surface area contributed by atoms with E-state index in [1.807, 2.05) is 0 Å². The first-order valence-electron chi connectivity index (χ1n) is 5.79. The van der Waals surface area contributed by atoms with Gasteiger partial charge in [0.2, 0.25) is 0 Å². The highest BCUT2D eigenvalue weighted by Gasteiger charge is 2.40. The Kier molecular flexibility index (Phi) is 7.94. The van der Waals surface area contributed by atoms with Gasteiger partial charge in [-0.2, -0.15) is 0 Å². The molecule has 0 fully saturated rings. The first kappa shape index (κ1) is 16.6. The van der Waals surface area contributed by atoms with E-state index in [4.69, 9.17) is 9.47 Å². The molecule has 0 aliphatic rings. The van der Waals surface area contributed by atoms with Crippen LogP contribution in [-0.4, -0.2) is 45.2 Å². The molecule has 0 rings (SSSR count). The second-order valence-electron chi connectivity index (χ2n) is 3.63. The maximum atomic E-state index is 11.8. The molecule has 18 heavy (non-hydrogen) atoms. The first-order valence-corrected chi connectivity index (χ1v) is 5.79. The van der Waals surface area contributed by atoms with Gasteiger partial charge in [0.25, 0.3) is 0 Å². The fraction of sp³-hybridized carbons (Fsp3) is 0.750. The smallest absolute Gasteiger partial charge is 0.317 e. The maximum Gasteiger partial charge on any atom is 0.317 e. The zero-order valence-corrected chi connectivity index (χ0v) is 11.2. The number of hydrogen-bond donors (Lipinski definition) is 0. The summed E-state index contributed by atoms with van der Waals surface area (Å²) < 4.78 is 14.3. The van der Waals surface area contributed by atoms with Crippen LogP contribution in [-0.2, 0) is 28.6 Å². The quantitative estimate of drug-likeness (QED) is 0.469. The highest BCUT2D eigenvalue weighted by atomic mass is 16.5. The summed E-state index contributed by atoms with van der Waals surface area (Å²) in [4.78, 5) is 35.2. The van der Waals surface area contributed by atoms with Crippen molar-refractivity contribution < 1.29 is 28.6 Å². The van der Waals surface area contributed by atoms with E-state index in [0.717, 1.165) is 0 Å². The highest BCUT2D eigenvalue weighted by molar-refractivity contribution is 6.02. The number of carbonyl (C=O) groups excluding carboxylic acids is 3. The van der Waals surface area contributed by atoms with Crippen LogP contribution in [0.2, 0.25) is 0 Å². The fourth-order valence-corrected chi connectivity index (χ4v) is 1.60. The lowest BCUT2D eigenvalue weighted by molar-refractivity contribution is -0.164. The summed E-state index contributed by atoms with van der Waals surface area (Å²) in [6, 6.07) is 0. The van der Waals surface area contributed by atoms with Gasteiger partial charge in [-0.3, -0.25) is 14.4 Å². The molecule has 0 aromatic heterocycles. The average Bonchev–Trinajstić information content (AvgIpc) is 2.37. The van der Waals surface area contributed by atoms with Gasteiger partial charge in [0.15, 0.2) is 0 Å². The number of methoxy groups -OCH3 is 2. The van der Waals surface area contributed by atoms with E-state index < -0.39 is 23.8 Å². The highest BCUT2D eigenvalue weighted by Crippen LogP contribution is 2.19. The molecule has 6 heteroatoms. The van der Waals surface area contributed by atoms with Crippen LogP contribution in [0.15, 0.2) is 0 Å². The van der Waals surface area contributed by atoms with Crippen molar-refractivity contribution in [2.45, 2.75) is 20.3 Å². The van der Waals surface area contributed by atoms with E-state index in [2.05, 4.69) is 4.74 Å². The zero-order chi connectivity index (χ0) is 14.1. The third-order valence-electron chi connectivity index (χ3n) is 2.49. The lowest BCUT2D eigenvalue weighted by Gasteiger charge is -2.21. The van der Waals surface area contributed by atoms with Crippen molar-refractivity contribution in [3.8, 4) is 0 Å². The van der Waals surface area contributed by atoms with Crippen LogP contribution in [0.4, 0.5) is 0 Å². The van der Waals surface area contributed by atoms with E-state index in [-0.39, 0.29) is 25.4 Å². The van der Waals surface area contributed by atoms with Gasteiger partial charge in [-0.05, 0) is 6.92 Å². The van der Waals surface area contributed by atoms with Gasteiger partial charge < -0.3 is 14.2 Å². The Balaban J connectivity index is 5.15. The summed E-state index contributed by atoms with van der Waals surface area (Å²) in [6.07, 6.45) is 0.140. The van der Waals surface area contributed by atoms with E-state index in [0.29, 0.717) is 0 Å². The second-order valence-corrected chi connectivity index (χ2v) is 3.63. The Morgan fingerprint density at radius 3 is 2.06 bits per heavy atom. The Labute approximate surface area is 107 Å². The standard InChI is InChI=1S/C12H20O6/c1-5-9(13)10(12(15)18-6-2)8(7-16-3)11(14)17-4/h8,10H,5-7H2,1-4H3. The molecule has 0 radical (unpaired) electrons. The largest absolute Gasteiger partial charge is 0.469 e. The third kappa shape index (κ3) is 4.44. The van der Waals surface area contributed by atoms with E-state index in [9.17, 15) is 14.4 Å². The van der Waals surface area contributed by atoms with Crippen molar-refractivity contribution in [1.29, 1.82) is 0 Å². The van der Waals surface area contributed by atoms with Gasteiger partial charge in [-0.25, -0.2) is 0 Å². The number of ether oxygens (including phenoxy) is 3.